The number of aliphatic hydroxyl groups excluding tert-OH is 1. The topological polar surface area (TPSA) is 20.2 Å². The van der Waals surface area contributed by atoms with Crippen LogP contribution in [0, 0.1) is 40.4 Å². The smallest absolute Gasteiger partial charge is 0.0779 e. The lowest BCUT2D eigenvalue weighted by molar-refractivity contribution is -0.137. The number of hydrogen-bond donors (Lipinski definition) is 1. The van der Waals surface area contributed by atoms with Crippen molar-refractivity contribution in [1.82, 2.24) is 0 Å². The Balaban J connectivity index is 1.40. The Kier molecular flexibility index (Phi) is 6.32. The van der Waals surface area contributed by atoms with Gasteiger partial charge in [0.05, 0.1) is 6.10 Å². The standard InChI is InChI=1S/C27H46O/c1-4-5-6-7-8-9-11-20-15-17-23-22-16-14-21-12-10-13-25(28)27(21,3)24(22)18-19-26(20,23)2/h10,13,20-25,28H,4-9,11-12,14-19H2,1-3H3/t20-,21+,22-,23-,24-,25-,26+,27-/m0/s1. The van der Waals surface area contributed by atoms with Gasteiger partial charge in [-0.15, -0.1) is 0 Å². The number of rotatable bonds is 7. The third kappa shape index (κ3) is 3.42. The number of fused-ring (bicyclic) bond motifs is 5. The summed E-state index contributed by atoms with van der Waals surface area (Å²) in [6, 6.07) is 0. The second kappa shape index (κ2) is 8.44. The van der Waals surface area contributed by atoms with Crippen LogP contribution in [0.4, 0.5) is 0 Å². The van der Waals surface area contributed by atoms with Crippen molar-refractivity contribution >= 4 is 0 Å². The van der Waals surface area contributed by atoms with Gasteiger partial charge in [0.2, 0.25) is 0 Å². The summed E-state index contributed by atoms with van der Waals surface area (Å²) in [4.78, 5) is 0. The van der Waals surface area contributed by atoms with Gasteiger partial charge in [-0.05, 0) is 86.4 Å². The molecule has 0 unspecified atom stereocenters. The molecule has 1 nitrogen and oxygen atoms in total. The monoisotopic (exact) mass is 386 g/mol. The second-order valence-corrected chi connectivity index (χ2v) is 11.5. The van der Waals surface area contributed by atoms with Gasteiger partial charge in [0, 0.05) is 5.41 Å². The van der Waals surface area contributed by atoms with Crippen LogP contribution < -0.4 is 0 Å². The van der Waals surface area contributed by atoms with E-state index in [2.05, 4.69) is 32.9 Å². The summed E-state index contributed by atoms with van der Waals surface area (Å²) in [5.74, 6) is 4.28. The van der Waals surface area contributed by atoms with Gasteiger partial charge in [0.1, 0.15) is 0 Å². The zero-order valence-corrected chi connectivity index (χ0v) is 19.0. The van der Waals surface area contributed by atoms with Crippen LogP contribution in [0.15, 0.2) is 12.2 Å². The Morgan fingerprint density at radius 3 is 2.50 bits per heavy atom. The molecule has 1 N–H and O–H groups in total. The van der Waals surface area contributed by atoms with Gasteiger partial charge in [-0.2, -0.15) is 0 Å². The molecular formula is C27H46O. The maximum atomic E-state index is 11.0. The highest BCUT2D eigenvalue weighted by molar-refractivity contribution is 5.15. The molecule has 0 radical (unpaired) electrons. The normalized spacial score (nSPS) is 47.4. The van der Waals surface area contributed by atoms with Crippen molar-refractivity contribution in [2.24, 2.45) is 40.4 Å². The van der Waals surface area contributed by atoms with Crippen LogP contribution in [-0.2, 0) is 0 Å². The first-order valence-electron chi connectivity index (χ1n) is 12.9. The van der Waals surface area contributed by atoms with Crippen LogP contribution in [-0.4, -0.2) is 11.2 Å². The molecular weight excluding hydrogens is 340 g/mol. The van der Waals surface area contributed by atoms with E-state index in [0.29, 0.717) is 5.41 Å². The minimum Gasteiger partial charge on any atom is -0.388 e. The molecule has 3 saturated carbocycles. The minimum absolute atomic E-state index is 0.149. The fourth-order valence-corrected chi connectivity index (χ4v) is 8.64. The second-order valence-electron chi connectivity index (χ2n) is 11.5. The van der Waals surface area contributed by atoms with Crippen LogP contribution in [0.25, 0.3) is 0 Å². The first-order chi connectivity index (χ1) is 13.5. The molecule has 0 amide bonds. The van der Waals surface area contributed by atoms with Crippen molar-refractivity contribution in [2.75, 3.05) is 0 Å². The maximum absolute atomic E-state index is 11.0. The average molecular weight is 387 g/mol. The van der Waals surface area contributed by atoms with Gasteiger partial charge in [-0.25, -0.2) is 0 Å². The fourth-order valence-electron chi connectivity index (χ4n) is 8.64. The van der Waals surface area contributed by atoms with Crippen LogP contribution in [0.3, 0.4) is 0 Å². The molecule has 0 aromatic carbocycles. The molecule has 8 atom stereocenters. The minimum atomic E-state index is -0.205. The molecule has 4 rings (SSSR count). The van der Waals surface area contributed by atoms with Crippen molar-refractivity contribution in [3.8, 4) is 0 Å². The largest absolute Gasteiger partial charge is 0.388 e. The van der Waals surface area contributed by atoms with Crippen molar-refractivity contribution < 1.29 is 5.11 Å². The molecule has 3 fully saturated rings. The first-order valence-corrected chi connectivity index (χ1v) is 12.9. The van der Waals surface area contributed by atoms with E-state index in [4.69, 9.17) is 0 Å². The van der Waals surface area contributed by atoms with Crippen molar-refractivity contribution in [3.05, 3.63) is 12.2 Å². The van der Waals surface area contributed by atoms with Crippen molar-refractivity contribution in [1.29, 1.82) is 0 Å². The van der Waals surface area contributed by atoms with E-state index in [1.807, 2.05) is 0 Å². The van der Waals surface area contributed by atoms with Gasteiger partial charge in [-0.1, -0.05) is 71.4 Å². The SMILES string of the molecule is CCCCCCCC[C@H]1CC[C@H]2[C@@H]3CC[C@H]4CC=C[C@H](O)[C@]4(C)[C@H]3CC[C@]12C. The van der Waals surface area contributed by atoms with Gasteiger partial charge in [-0.3, -0.25) is 0 Å². The highest BCUT2D eigenvalue weighted by atomic mass is 16.3. The molecule has 0 aromatic heterocycles. The summed E-state index contributed by atoms with van der Waals surface area (Å²) in [7, 11) is 0. The molecule has 0 bridgehead atoms. The quantitative estimate of drug-likeness (QED) is 0.354. The average Bonchev–Trinajstić information content (AvgIpc) is 3.02. The van der Waals surface area contributed by atoms with E-state index in [9.17, 15) is 5.11 Å². The summed E-state index contributed by atoms with van der Waals surface area (Å²) in [5, 5.41) is 11.0. The molecule has 0 aromatic rings. The fraction of sp³-hybridized carbons (Fsp3) is 0.926. The molecule has 28 heavy (non-hydrogen) atoms. The number of hydrogen-bond acceptors (Lipinski definition) is 1. The van der Waals surface area contributed by atoms with Gasteiger partial charge >= 0.3 is 0 Å². The lowest BCUT2D eigenvalue weighted by atomic mass is 9.45. The van der Waals surface area contributed by atoms with E-state index in [0.717, 1.165) is 29.6 Å². The first kappa shape index (κ1) is 21.0. The van der Waals surface area contributed by atoms with Crippen molar-refractivity contribution in [3.63, 3.8) is 0 Å². The maximum Gasteiger partial charge on any atom is 0.0779 e. The van der Waals surface area contributed by atoms with Gasteiger partial charge in [0.25, 0.3) is 0 Å². The van der Waals surface area contributed by atoms with Crippen LogP contribution in [0.1, 0.15) is 111 Å². The third-order valence-electron chi connectivity index (χ3n) is 10.4. The summed E-state index contributed by atoms with van der Waals surface area (Å²) in [5.41, 5.74) is 0.750. The molecule has 0 spiro atoms. The highest BCUT2D eigenvalue weighted by Gasteiger charge is 2.60. The summed E-state index contributed by atoms with van der Waals surface area (Å²) < 4.78 is 0. The Labute approximate surface area is 174 Å². The summed E-state index contributed by atoms with van der Waals surface area (Å²) in [6.07, 6.45) is 24.1. The molecule has 4 aliphatic rings. The zero-order chi connectivity index (χ0) is 19.8. The van der Waals surface area contributed by atoms with E-state index in [1.165, 1.54) is 89.9 Å². The lowest BCUT2D eigenvalue weighted by Gasteiger charge is -2.61. The van der Waals surface area contributed by atoms with Gasteiger partial charge < -0.3 is 5.11 Å². The Hall–Kier alpha value is -0.300. The van der Waals surface area contributed by atoms with Crippen LogP contribution in [0.2, 0.25) is 0 Å². The molecule has 4 aliphatic carbocycles. The van der Waals surface area contributed by atoms with E-state index in [1.54, 1.807) is 0 Å². The predicted octanol–water partition coefficient (Wildman–Crippen LogP) is 7.53. The predicted molar refractivity (Wildman–Crippen MR) is 119 cm³/mol. The van der Waals surface area contributed by atoms with E-state index >= 15 is 0 Å². The highest BCUT2D eigenvalue weighted by Crippen LogP contribution is 2.67. The Morgan fingerprint density at radius 2 is 1.68 bits per heavy atom. The molecule has 1 heteroatoms. The van der Waals surface area contributed by atoms with Crippen molar-refractivity contribution in [2.45, 2.75) is 117 Å². The summed E-state index contributed by atoms with van der Waals surface area (Å²) in [6.45, 7) is 7.44. The number of unbranched alkanes of at least 4 members (excludes halogenated alkanes) is 5. The number of aliphatic hydroxyl groups is 1. The van der Waals surface area contributed by atoms with Crippen LogP contribution >= 0.6 is 0 Å². The van der Waals surface area contributed by atoms with Crippen LogP contribution in [0.5, 0.6) is 0 Å². The lowest BCUT2D eigenvalue weighted by Crippen LogP contribution is -2.56. The van der Waals surface area contributed by atoms with Gasteiger partial charge in [0.15, 0.2) is 0 Å². The zero-order valence-electron chi connectivity index (χ0n) is 19.0. The number of allylic oxidation sites excluding steroid dienone is 1. The molecule has 160 valence electrons. The molecule has 0 aliphatic heterocycles. The molecule has 0 saturated heterocycles. The molecule has 0 heterocycles. The Bertz CT molecular complexity index is 552. The third-order valence-corrected chi connectivity index (χ3v) is 10.4. The van der Waals surface area contributed by atoms with E-state index in [-0.39, 0.29) is 11.5 Å². The Morgan fingerprint density at radius 1 is 0.893 bits per heavy atom. The van der Waals surface area contributed by atoms with E-state index < -0.39 is 0 Å². The summed E-state index contributed by atoms with van der Waals surface area (Å²) >= 11 is 0.